The van der Waals surface area contributed by atoms with Gasteiger partial charge in [0.1, 0.15) is 30.0 Å². The molecule has 72 heavy (non-hydrogen) atoms. The van der Waals surface area contributed by atoms with E-state index in [-0.39, 0.29) is 55.1 Å². The Bertz CT molecular complexity index is 2040. The lowest BCUT2D eigenvalue weighted by atomic mass is 9.77. The molecule has 3 heterocycles. The average molecular weight is 1010 g/mol. The second kappa shape index (κ2) is 27.9. The summed E-state index contributed by atoms with van der Waals surface area (Å²) in [5, 5.41) is 32.5. The van der Waals surface area contributed by atoms with Crippen molar-refractivity contribution in [1.29, 1.82) is 0 Å². The van der Waals surface area contributed by atoms with E-state index in [9.17, 15) is 34.9 Å². The molecule has 3 aliphatic heterocycles. The van der Waals surface area contributed by atoms with Crippen LogP contribution in [0.4, 0.5) is 0 Å². The van der Waals surface area contributed by atoms with Gasteiger partial charge in [-0.25, -0.2) is 4.79 Å². The maximum atomic E-state index is 14.8. The van der Waals surface area contributed by atoms with Gasteiger partial charge in [0.2, 0.25) is 5.79 Å². The van der Waals surface area contributed by atoms with E-state index < -0.39 is 83.4 Å². The molecule has 2 saturated heterocycles. The first kappa shape index (κ1) is 60.3. The lowest BCUT2D eigenvalue weighted by Gasteiger charge is -2.42. The van der Waals surface area contributed by atoms with Crippen molar-refractivity contribution >= 4 is 29.2 Å². The summed E-state index contributed by atoms with van der Waals surface area (Å²) >= 11 is 0. The maximum Gasteiger partial charge on any atom is 0.329 e. The molecule has 0 aromatic rings. The number of fused-ring (bicyclic) bond motifs is 3. The van der Waals surface area contributed by atoms with Gasteiger partial charge in [-0.2, -0.15) is 0 Å². The first-order chi connectivity index (χ1) is 34.0. The second-order valence-corrected chi connectivity index (χ2v) is 22.1. The van der Waals surface area contributed by atoms with Crippen LogP contribution in [-0.4, -0.2) is 132 Å². The summed E-state index contributed by atoms with van der Waals surface area (Å²) in [5.74, 6) is -7.27. The number of allylic oxidation sites excluding steroid dienone is 6. The maximum absolute atomic E-state index is 14.8. The van der Waals surface area contributed by atoms with Gasteiger partial charge >= 0.3 is 5.97 Å². The van der Waals surface area contributed by atoms with E-state index in [1.807, 2.05) is 91.8 Å². The number of Topliss-reactive ketones (excluding diaryl/α,β-unsaturated/α-hetero) is 2. The summed E-state index contributed by atoms with van der Waals surface area (Å²) in [6.07, 6.45) is 12.8. The van der Waals surface area contributed by atoms with Crippen molar-refractivity contribution in [3.63, 3.8) is 0 Å². The Kier molecular flexibility index (Phi) is 23.4. The first-order valence-corrected chi connectivity index (χ1v) is 26.2. The molecule has 0 radical (unpaired) electrons. The molecule has 0 aromatic heterocycles. The Balaban J connectivity index is 1.81. The van der Waals surface area contributed by atoms with Gasteiger partial charge in [-0.1, -0.05) is 81.3 Å². The molecule has 0 unspecified atom stereocenters. The number of aliphatic hydroxyl groups excluding tert-OH is 1. The summed E-state index contributed by atoms with van der Waals surface area (Å²) in [6, 6.07) is -1.43. The lowest BCUT2D eigenvalue weighted by molar-refractivity contribution is -0.265. The second-order valence-electron chi connectivity index (χ2n) is 22.1. The first-order valence-electron chi connectivity index (χ1n) is 26.2. The normalized spacial score (nSPS) is 38.2. The Morgan fingerprint density at radius 1 is 0.917 bits per heavy atom. The number of aliphatic hydroxyl groups is 2. The van der Waals surface area contributed by atoms with Gasteiger partial charge in [0.25, 0.3) is 11.7 Å². The molecule has 17 heteroatoms. The summed E-state index contributed by atoms with van der Waals surface area (Å²) in [4.78, 5) is 67.9. The van der Waals surface area contributed by atoms with Crippen molar-refractivity contribution in [3.05, 3.63) is 58.0 Å². The highest BCUT2D eigenvalue weighted by molar-refractivity contribution is 6.39. The summed E-state index contributed by atoms with van der Waals surface area (Å²) in [7, 11) is 4.60. The molecule has 1 aliphatic carbocycles. The third-order valence-corrected chi connectivity index (χ3v) is 15.1. The summed E-state index contributed by atoms with van der Waals surface area (Å²) < 4.78 is 30.1. The van der Waals surface area contributed by atoms with Crippen LogP contribution < -0.4 is 0 Å². The Morgan fingerprint density at radius 2 is 1.64 bits per heavy atom. The number of oxime groups is 1. The molecule has 17 nitrogen and oxygen atoms in total. The van der Waals surface area contributed by atoms with Crippen LogP contribution in [0.3, 0.4) is 0 Å². The van der Waals surface area contributed by atoms with Crippen molar-refractivity contribution < 1.29 is 57.9 Å². The summed E-state index contributed by atoms with van der Waals surface area (Å²) in [6.45, 7) is 18.8. The number of methoxy groups -OCH3 is 3. The quantitative estimate of drug-likeness (QED) is 0.0441. The van der Waals surface area contributed by atoms with E-state index in [1.165, 1.54) is 12.0 Å². The van der Waals surface area contributed by atoms with Crippen LogP contribution in [0.1, 0.15) is 146 Å². The highest BCUT2D eigenvalue weighted by Crippen LogP contribution is 2.38. The number of esters is 1. The Morgan fingerprint density at radius 3 is 2.29 bits per heavy atom. The van der Waals surface area contributed by atoms with E-state index in [1.54, 1.807) is 28.1 Å². The van der Waals surface area contributed by atoms with Gasteiger partial charge in [-0.05, 0) is 133 Å². The molecular weight excluding hydrogens is 923 g/mol. The van der Waals surface area contributed by atoms with E-state index in [2.05, 4.69) is 15.2 Å². The molecule has 0 spiro atoms. The van der Waals surface area contributed by atoms with E-state index in [0.29, 0.717) is 69.1 Å². The standard InChI is InChI=1S/C55H87N5O12/c1-33-19-15-14-16-20-34(2)45(67-11)31-41-24-22-39(7)55(66,71-41)51(63)52(64)60-26-18-17-21-44(60)53(65)70-46(36(4)29-40-23-25-42(57-59-56)47(30-40)68-12)32-43(58-72-54(8,9)10)35(3)28-38(6)49(62)50(69-13)48(61)37(5)27-33/h14-16,19-20,28,33,35-37,39-42,44-47,49-50,62,66H,17-18,21-27,29-32H2,1-13H3/b16-14+,19-15+,34-20+,38-28+,58-43?/t33-,35-,36-,37-,39-,40+,41+,42+,44+,45+,46+,47-,49-,50+,55-/m1/s1. The number of rotatable bonds is 8. The van der Waals surface area contributed by atoms with Crippen molar-refractivity contribution in [2.75, 3.05) is 27.9 Å². The SMILES string of the molecule is CO[C@H]1C[C@@H]2CC[C@@H](C)[C@@](O)(O2)C(=O)C(=O)N2CCCC[C@H]2C(=O)O[C@H]([C@H](C)C[C@@H]2CC[C@H](N=[N+]=[N-])[C@H](OC)C2)CC(=NOC(C)(C)C)[C@H](C)/C=C(\C)[C@@H](O)[C@@H](OC)C(=O)[C@H](C)C[C@H](C)/C=C/C=C/C=C/1C. The van der Waals surface area contributed by atoms with E-state index in [4.69, 9.17) is 28.5 Å². The third kappa shape index (κ3) is 16.6. The fraction of sp³-hybridized carbons (Fsp3) is 0.764. The number of azide groups is 1. The molecule has 4 rings (SSSR count). The minimum absolute atomic E-state index is 0.0212. The van der Waals surface area contributed by atoms with E-state index >= 15 is 0 Å². The number of hydrogen-bond acceptors (Lipinski definition) is 14. The number of nitrogens with zero attached hydrogens (tertiary/aromatic N) is 5. The topological polar surface area (TPSA) is 228 Å². The van der Waals surface area contributed by atoms with Crippen LogP contribution >= 0.6 is 0 Å². The third-order valence-electron chi connectivity index (χ3n) is 15.1. The number of ketones is 2. The molecule has 0 aromatic carbocycles. The molecular formula is C55H87N5O12. The number of carbonyl (C=O) groups excluding carboxylic acids is 4. The van der Waals surface area contributed by atoms with Crippen molar-refractivity contribution in [3.8, 4) is 0 Å². The minimum atomic E-state index is -2.43. The zero-order chi connectivity index (χ0) is 53.5. The van der Waals surface area contributed by atoms with Crippen LogP contribution in [0.5, 0.6) is 0 Å². The van der Waals surface area contributed by atoms with E-state index in [0.717, 1.165) is 12.0 Å². The fourth-order valence-corrected chi connectivity index (χ4v) is 10.6. The van der Waals surface area contributed by atoms with Gasteiger partial charge < -0.3 is 43.6 Å². The predicted octanol–water partition coefficient (Wildman–Crippen LogP) is 9.10. The molecule has 1 saturated carbocycles. The van der Waals surface area contributed by atoms with Crippen LogP contribution in [-0.2, 0) is 47.7 Å². The van der Waals surface area contributed by atoms with Crippen molar-refractivity contribution in [1.82, 2.24) is 4.90 Å². The van der Waals surface area contributed by atoms with Crippen molar-refractivity contribution in [2.45, 2.75) is 206 Å². The van der Waals surface area contributed by atoms with Gasteiger partial charge in [0, 0.05) is 63.4 Å². The average Bonchev–Trinajstić information content (AvgIpc) is 3.34. The monoisotopic (exact) mass is 1010 g/mol. The zero-order valence-corrected chi connectivity index (χ0v) is 45.5. The molecule has 15 atom stereocenters. The molecule has 404 valence electrons. The highest BCUT2D eigenvalue weighted by Gasteiger charge is 2.53. The molecule has 2 bridgehead atoms. The van der Waals surface area contributed by atoms with Gasteiger partial charge in [-0.15, -0.1) is 0 Å². The number of piperidine rings is 1. The van der Waals surface area contributed by atoms with Crippen LogP contribution in [0.2, 0.25) is 0 Å². The number of hydrogen-bond donors (Lipinski definition) is 2. The zero-order valence-electron chi connectivity index (χ0n) is 45.5. The van der Waals surface area contributed by atoms with Crippen LogP contribution in [0, 0.1) is 35.5 Å². The Labute approximate surface area is 428 Å². The fourth-order valence-electron chi connectivity index (χ4n) is 10.6. The highest BCUT2D eigenvalue weighted by atomic mass is 16.7. The van der Waals surface area contributed by atoms with Gasteiger partial charge in [-0.3, -0.25) is 14.4 Å². The minimum Gasteiger partial charge on any atom is -0.460 e. The smallest absolute Gasteiger partial charge is 0.329 e. The number of carbonyl (C=O) groups is 4. The van der Waals surface area contributed by atoms with Gasteiger partial charge in [0.05, 0.1) is 30.1 Å². The summed E-state index contributed by atoms with van der Waals surface area (Å²) in [5.41, 5.74) is 10.4. The molecule has 4 aliphatic rings. The van der Waals surface area contributed by atoms with Crippen LogP contribution in [0.15, 0.2) is 57.9 Å². The predicted molar refractivity (Wildman–Crippen MR) is 275 cm³/mol. The molecule has 2 N–H and O–H groups in total. The van der Waals surface area contributed by atoms with Gasteiger partial charge in [0.15, 0.2) is 5.78 Å². The number of cyclic esters (lactones) is 1. The molecule has 3 fully saturated rings. The lowest BCUT2D eigenvalue weighted by Crippen LogP contribution is -2.61. The number of ether oxygens (including phenoxy) is 5. The largest absolute Gasteiger partial charge is 0.460 e. The Hall–Kier alpha value is -4.22. The van der Waals surface area contributed by atoms with Crippen LogP contribution in [0.25, 0.3) is 10.4 Å². The van der Waals surface area contributed by atoms with Crippen molar-refractivity contribution in [2.24, 2.45) is 45.8 Å². The number of amides is 1. The molecule has 1 amide bonds.